The Kier molecular flexibility index (Phi) is 4.73. The molecule has 0 bridgehead atoms. The number of carbonyl (C=O) groups excluding carboxylic acids is 1. The van der Waals surface area contributed by atoms with Gasteiger partial charge in [-0.2, -0.15) is 0 Å². The van der Waals surface area contributed by atoms with Crippen LogP contribution in [0.4, 0.5) is 0 Å². The summed E-state index contributed by atoms with van der Waals surface area (Å²) in [7, 11) is 0. The molecule has 2 aromatic heterocycles. The Balaban J connectivity index is 1.71. The van der Waals surface area contributed by atoms with Crippen molar-refractivity contribution in [3.8, 4) is 5.75 Å². The van der Waals surface area contributed by atoms with Crippen LogP contribution >= 0.6 is 0 Å². The summed E-state index contributed by atoms with van der Waals surface area (Å²) in [4.78, 5) is 22.1. The van der Waals surface area contributed by atoms with E-state index in [1.807, 2.05) is 39.0 Å². The summed E-state index contributed by atoms with van der Waals surface area (Å²) < 4.78 is 5.83. The maximum absolute atomic E-state index is 13.2. The molecule has 0 saturated heterocycles. The van der Waals surface area contributed by atoms with E-state index in [-0.39, 0.29) is 5.91 Å². The number of amides is 1. The monoisotopic (exact) mass is 376 g/mol. The molecule has 1 amide bonds. The standard InChI is InChI=1S/C22H24N4O2/c1-14-10-15-6-4-5-7-17(15)20(25-14)22(2,3)26-21(27)18-13-24-12-16-11-23-8-9-28-19(16)18/h4-7,10,12-13,23H,8-9,11H2,1-3H3,(H,26,27). The van der Waals surface area contributed by atoms with Gasteiger partial charge in [-0.05, 0) is 32.2 Å². The number of aryl methyl sites for hydroxylation is 1. The van der Waals surface area contributed by atoms with Gasteiger partial charge in [-0.25, -0.2) is 0 Å². The molecule has 1 aliphatic rings. The van der Waals surface area contributed by atoms with Crippen LogP contribution in [-0.4, -0.2) is 29.0 Å². The highest BCUT2D eigenvalue weighted by Gasteiger charge is 2.29. The Morgan fingerprint density at radius 1 is 1.25 bits per heavy atom. The highest BCUT2D eigenvalue weighted by atomic mass is 16.5. The van der Waals surface area contributed by atoms with Crippen molar-refractivity contribution in [2.45, 2.75) is 32.9 Å². The van der Waals surface area contributed by atoms with Crippen LogP contribution in [0.5, 0.6) is 5.75 Å². The molecule has 0 unspecified atom stereocenters. The summed E-state index contributed by atoms with van der Waals surface area (Å²) >= 11 is 0. The number of fused-ring (bicyclic) bond motifs is 2. The first-order chi connectivity index (χ1) is 13.5. The molecular formula is C22H24N4O2. The van der Waals surface area contributed by atoms with Crippen molar-refractivity contribution in [1.82, 2.24) is 20.6 Å². The van der Waals surface area contributed by atoms with Gasteiger partial charge in [0.05, 0.1) is 16.8 Å². The van der Waals surface area contributed by atoms with Crippen LogP contribution in [0.1, 0.15) is 41.2 Å². The van der Waals surface area contributed by atoms with E-state index in [1.165, 1.54) is 0 Å². The minimum Gasteiger partial charge on any atom is -0.491 e. The van der Waals surface area contributed by atoms with Crippen LogP contribution in [0.2, 0.25) is 0 Å². The first-order valence-electron chi connectivity index (χ1n) is 9.45. The lowest BCUT2D eigenvalue weighted by Crippen LogP contribution is -2.42. The highest BCUT2D eigenvalue weighted by molar-refractivity contribution is 5.98. The fourth-order valence-corrected chi connectivity index (χ4v) is 3.62. The van der Waals surface area contributed by atoms with Crippen molar-refractivity contribution in [3.63, 3.8) is 0 Å². The SMILES string of the molecule is Cc1cc2ccccc2c(C(C)(C)NC(=O)c2cncc3c2OCCNC3)n1. The molecule has 0 atom stereocenters. The lowest BCUT2D eigenvalue weighted by molar-refractivity contribution is 0.0906. The van der Waals surface area contributed by atoms with Crippen molar-refractivity contribution >= 4 is 16.7 Å². The minimum atomic E-state index is -0.672. The lowest BCUT2D eigenvalue weighted by Gasteiger charge is -2.28. The normalized spacial score (nSPS) is 14.1. The van der Waals surface area contributed by atoms with E-state index in [0.717, 1.165) is 34.3 Å². The third-order valence-corrected chi connectivity index (χ3v) is 4.94. The molecule has 4 rings (SSSR count). The van der Waals surface area contributed by atoms with E-state index in [9.17, 15) is 4.79 Å². The summed E-state index contributed by atoms with van der Waals surface area (Å²) in [6, 6.07) is 10.2. The summed E-state index contributed by atoms with van der Waals surface area (Å²) in [5, 5.41) is 8.54. The fourth-order valence-electron chi connectivity index (χ4n) is 3.62. The number of benzene rings is 1. The Morgan fingerprint density at radius 2 is 2.07 bits per heavy atom. The van der Waals surface area contributed by atoms with E-state index < -0.39 is 5.54 Å². The second kappa shape index (κ2) is 7.20. The number of nitrogens with zero attached hydrogens (tertiary/aromatic N) is 2. The second-order valence-electron chi connectivity index (χ2n) is 7.61. The zero-order valence-corrected chi connectivity index (χ0v) is 16.4. The van der Waals surface area contributed by atoms with Gasteiger partial charge in [-0.15, -0.1) is 0 Å². The van der Waals surface area contributed by atoms with Gasteiger partial charge in [-0.3, -0.25) is 14.8 Å². The number of pyridine rings is 2. The van der Waals surface area contributed by atoms with Crippen molar-refractivity contribution in [2.24, 2.45) is 0 Å². The number of hydrogen-bond donors (Lipinski definition) is 2. The van der Waals surface area contributed by atoms with E-state index in [0.29, 0.717) is 24.5 Å². The number of nitrogens with one attached hydrogen (secondary N) is 2. The topological polar surface area (TPSA) is 76.1 Å². The summed E-state index contributed by atoms with van der Waals surface area (Å²) in [6.45, 7) is 7.80. The zero-order chi connectivity index (χ0) is 19.7. The maximum atomic E-state index is 13.2. The van der Waals surface area contributed by atoms with E-state index in [4.69, 9.17) is 9.72 Å². The smallest absolute Gasteiger partial charge is 0.257 e. The van der Waals surface area contributed by atoms with Gasteiger partial charge in [0, 0.05) is 42.1 Å². The fraction of sp³-hybridized carbons (Fsp3) is 0.318. The molecule has 0 radical (unpaired) electrons. The summed E-state index contributed by atoms with van der Waals surface area (Å²) in [5.41, 5.74) is 2.43. The average molecular weight is 376 g/mol. The lowest BCUT2D eigenvalue weighted by atomic mass is 9.93. The average Bonchev–Trinajstić information content (AvgIpc) is 2.92. The number of hydrogen-bond acceptors (Lipinski definition) is 5. The van der Waals surface area contributed by atoms with Crippen LogP contribution in [0, 0.1) is 6.92 Å². The number of carbonyl (C=O) groups is 1. The van der Waals surface area contributed by atoms with Gasteiger partial charge >= 0.3 is 0 Å². The largest absolute Gasteiger partial charge is 0.491 e. The minimum absolute atomic E-state index is 0.219. The van der Waals surface area contributed by atoms with Gasteiger partial charge in [-0.1, -0.05) is 24.3 Å². The highest BCUT2D eigenvalue weighted by Crippen LogP contribution is 2.29. The second-order valence-corrected chi connectivity index (χ2v) is 7.61. The molecular weight excluding hydrogens is 352 g/mol. The quantitative estimate of drug-likeness (QED) is 0.735. The van der Waals surface area contributed by atoms with Crippen LogP contribution in [0.15, 0.2) is 42.7 Å². The van der Waals surface area contributed by atoms with Gasteiger partial charge in [0.1, 0.15) is 12.4 Å². The van der Waals surface area contributed by atoms with Gasteiger partial charge in [0.15, 0.2) is 0 Å². The van der Waals surface area contributed by atoms with E-state index >= 15 is 0 Å². The van der Waals surface area contributed by atoms with Gasteiger partial charge in [0.2, 0.25) is 0 Å². The van der Waals surface area contributed by atoms with Crippen LogP contribution in [0.3, 0.4) is 0 Å². The van der Waals surface area contributed by atoms with Crippen LogP contribution < -0.4 is 15.4 Å². The molecule has 144 valence electrons. The first kappa shape index (κ1) is 18.4. The van der Waals surface area contributed by atoms with Crippen LogP contribution in [-0.2, 0) is 12.1 Å². The molecule has 0 saturated carbocycles. The molecule has 3 heterocycles. The number of rotatable bonds is 3. The summed E-state index contributed by atoms with van der Waals surface area (Å²) in [5.74, 6) is 0.388. The van der Waals surface area contributed by atoms with Gasteiger partial charge in [0.25, 0.3) is 5.91 Å². The molecule has 6 nitrogen and oxygen atoms in total. The van der Waals surface area contributed by atoms with E-state index in [2.05, 4.69) is 27.8 Å². The molecule has 0 aliphatic carbocycles. The molecule has 0 spiro atoms. The maximum Gasteiger partial charge on any atom is 0.257 e. The molecule has 28 heavy (non-hydrogen) atoms. The molecule has 1 aromatic carbocycles. The Labute approximate surface area is 164 Å². The number of ether oxygens (including phenoxy) is 1. The Hall–Kier alpha value is -2.99. The third kappa shape index (κ3) is 3.43. The summed E-state index contributed by atoms with van der Waals surface area (Å²) in [6.07, 6.45) is 3.31. The zero-order valence-electron chi connectivity index (χ0n) is 16.4. The molecule has 0 fully saturated rings. The predicted octanol–water partition coefficient (Wildman–Crippen LogP) is 3.09. The molecule has 2 N–H and O–H groups in total. The predicted molar refractivity (Wildman–Crippen MR) is 108 cm³/mol. The first-order valence-corrected chi connectivity index (χ1v) is 9.45. The molecule has 1 aliphatic heterocycles. The van der Waals surface area contributed by atoms with Crippen molar-refractivity contribution in [2.75, 3.05) is 13.2 Å². The van der Waals surface area contributed by atoms with Crippen molar-refractivity contribution in [1.29, 1.82) is 0 Å². The third-order valence-electron chi connectivity index (χ3n) is 4.94. The van der Waals surface area contributed by atoms with Gasteiger partial charge < -0.3 is 15.4 Å². The van der Waals surface area contributed by atoms with Crippen molar-refractivity contribution in [3.05, 3.63) is 65.2 Å². The van der Waals surface area contributed by atoms with Crippen LogP contribution in [0.25, 0.3) is 10.8 Å². The molecule has 6 heteroatoms. The molecule has 3 aromatic rings. The van der Waals surface area contributed by atoms with E-state index in [1.54, 1.807) is 12.4 Å². The van der Waals surface area contributed by atoms with Crippen molar-refractivity contribution < 1.29 is 9.53 Å². The Morgan fingerprint density at radius 3 is 2.93 bits per heavy atom. The Bertz CT molecular complexity index is 1050. The number of aromatic nitrogens is 2.